The van der Waals surface area contributed by atoms with Crippen molar-refractivity contribution in [1.82, 2.24) is 0 Å². The van der Waals surface area contributed by atoms with Gasteiger partial charge in [0.05, 0.1) is 6.61 Å². The van der Waals surface area contributed by atoms with Gasteiger partial charge in [-0.25, -0.2) is 13.6 Å². The summed E-state index contributed by atoms with van der Waals surface area (Å²) in [6.07, 6.45) is 1.13. The van der Waals surface area contributed by atoms with Crippen molar-refractivity contribution in [2.75, 3.05) is 6.61 Å². The first-order valence-corrected chi connectivity index (χ1v) is 5.75. The van der Waals surface area contributed by atoms with Gasteiger partial charge in [0, 0.05) is 15.6 Å². The Morgan fingerprint density at radius 3 is 2.41 bits per heavy atom. The third-order valence-corrected chi connectivity index (χ3v) is 2.46. The van der Waals surface area contributed by atoms with Gasteiger partial charge in [-0.1, -0.05) is 15.9 Å². The van der Waals surface area contributed by atoms with Gasteiger partial charge in [0.25, 0.3) is 0 Å². The highest BCUT2D eigenvalue weighted by atomic mass is 79.9. The third-order valence-electron chi connectivity index (χ3n) is 2.00. The Bertz CT molecular complexity index is 447. The zero-order valence-corrected chi connectivity index (χ0v) is 11.0. The first-order valence-electron chi connectivity index (χ1n) is 4.95. The number of carbonyl (C=O) groups is 1. The molecule has 1 aromatic carbocycles. The highest BCUT2D eigenvalue weighted by Crippen LogP contribution is 2.21. The molecular formula is C12H11BrF2O2. The van der Waals surface area contributed by atoms with E-state index in [0.717, 1.165) is 18.2 Å². The van der Waals surface area contributed by atoms with Gasteiger partial charge in [-0.05, 0) is 32.1 Å². The highest BCUT2D eigenvalue weighted by Gasteiger charge is 2.11. The van der Waals surface area contributed by atoms with E-state index in [2.05, 4.69) is 15.9 Å². The summed E-state index contributed by atoms with van der Waals surface area (Å²) < 4.78 is 31.9. The SMILES string of the molecule is CCOC(=O)/C(C)=C\c1c(F)cc(Br)cc1F. The molecule has 2 nitrogen and oxygen atoms in total. The monoisotopic (exact) mass is 304 g/mol. The molecule has 0 atom stereocenters. The van der Waals surface area contributed by atoms with Crippen LogP contribution >= 0.6 is 15.9 Å². The number of halogens is 3. The molecule has 0 aliphatic carbocycles. The molecule has 0 amide bonds. The fourth-order valence-electron chi connectivity index (χ4n) is 1.21. The van der Waals surface area contributed by atoms with Gasteiger partial charge in [-0.3, -0.25) is 0 Å². The number of hydrogen-bond acceptors (Lipinski definition) is 2. The van der Waals surface area contributed by atoms with Crippen molar-refractivity contribution in [3.8, 4) is 0 Å². The Hall–Kier alpha value is -1.23. The van der Waals surface area contributed by atoms with Crippen LogP contribution in [0.5, 0.6) is 0 Å². The second kappa shape index (κ2) is 5.91. The summed E-state index contributed by atoms with van der Waals surface area (Å²) in [5.74, 6) is -2.06. The lowest BCUT2D eigenvalue weighted by Crippen LogP contribution is -2.05. The minimum atomic E-state index is -0.736. The lowest BCUT2D eigenvalue weighted by atomic mass is 10.1. The predicted molar refractivity (Wildman–Crippen MR) is 64.3 cm³/mol. The molecule has 0 aliphatic rings. The van der Waals surface area contributed by atoms with Gasteiger partial charge < -0.3 is 4.74 Å². The number of carbonyl (C=O) groups excluding carboxylic acids is 1. The maximum Gasteiger partial charge on any atom is 0.333 e. The summed E-state index contributed by atoms with van der Waals surface area (Å²) >= 11 is 2.97. The standard InChI is InChI=1S/C12H11BrF2O2/c1-3-17-12(16)7(2)4-9-10(14)5-8(13)6-11(9)15/h4-6H,3H2,1-2H3/b7-4-. The van der Waals surface area contributed by atoms with Crippen molar-refractivity contribution in [3.63, 3.8) is 0 Å². The fraction of sp³-hybridized carbons (Fsp3) is 0.250. The lowest BCUT2D eigenvalue weighted by molar-refractivity contribution is -0.138. The van der Waals surface area contributed by atoms with Crippen LogP contribution in [0.25, 0.3) is 6.08 Å². The second-order valence-electron chi connectivity index (χ2n) is 3.33. The first kappa shape index (κ1) is 13.8. The molecule has 92 valence electrons. The molecule has 0 unspecified atom stereocenters. The van der Waals surface area contributed by atoms with Crippen molar-refractivity contribution in [2.45, 2.75) is 13.8 Å². The van der Waals surface area contributed by atoms with E-state index in [1.54, 1.807) is 6.92 Å². The van der Waals surface area contributed by atoms with Crippen LogP contribution < -0.4 is 0 Å². The zero-order valence-electron chi connectivity index (χ0n) is 9.39. The number of benzene rings is 1. The maximum atomic E-state index is 13.5. The molecule has 0 saturated carbocycles. The molecule has 17 heavy (non-hydrogen) atoms. The first-order chi connectivity index (χ1) is 7.95. The fourth-order valence-corrected chi connectivity index (χ4v) is 1.61. The Morgan fingerprint density at radius 2 is 1.94 bits per heavy atom. The quantitative estimate of drug-likeness (QED) is 0.629. The van der Waals surface area contributed by atoms with Crippen molar-refractivity contribution in [1.29, 1.82) is 0 Å². The second-order valence-corrected chi connectivity index (χ2v) is 4.25. The van der Waals surface area contributed by atoms with Gasteiger partial charge >= 0.3 is 5.97 Å². The van der Waals surface area contributed by atoms with Gasteiger partial charge in [-0.2, -0.15) is 0 Å². The molecule has 0 heterocycles. The summed E-state index contributed by atoms with van der Waals surface area (Å²) in [5, 5.41) is 0. The normalized spacial score (nSPS) is 11.5. The molecule has 5 heteroatoms. The third kappa shape index (κ3) is 3.63. The van der Waals surface area contributed by atoms with Crippen LogP contribution in [0.1, 0.15) is 19.4 Å². The summed E-state index contributed by atoms with van der Waals surface area (Å²) in [4.78, 5) is 11.3. The van der Waals surface area contributed by atoms with Crippen molar-refractivity contribution >= 4 is 28.0 Å². The predicted octanol–water partition coefficient (Wildman–Crippen LogP) is 3.69. The van der Waals surface area contributed by atoms with Crippen molar-refractivity contribution < 1.29 is 18.3 Å². The average molecular weight is 305 g/mol. The molecule has 0 saturated heterocycles. The highest BCUT2D eigenvalue weighted by molar-refractivity contribution is 9.10. The molecule has 0 bridgehead atoms. The van der Waals surface area contributed by atoms with Crippen LogP contribution in [0.4, 0.5) is 8.78 Å². The van der Waals surface area contributed by atoms with Crippen LogP contribution in [0.2, 0.25) is 0 Å². The van der Waals surface area contributed by atoms with E-state index in [1.165, 1.54) is 6.92 Å². The minimum Gasteiger partial charge on any atom is -0.463 e. The number of esters is 1. The molecule has 0 fully saturated rings. The van der Waals surface area contributed by atoms with Gasteiger partial charge in [0.1, 0.15) is 11.6 Å². The Kier molecular flexibility index (Phi) is 4.81. The molecule has 1 aromatic rings. The van der Waals surface area contributed by atoms with Crippen molar-refractivity contribution in [2.24, 2.45) is 0 Å². The van der Waals surface area contributed by atoms with Gasteiger partial charge in [0.2, 0.25) is 0 Å². The molecule has 0 radical (unpaired) electrons. The number of ether oxygens (including phenoxy) is 1. The van der Waals surface area contributed by atoms with Crippen LogP contribution in [-0.2, 0) is 9.53 Å². The van der Waals surface area contributed by atoms with E-state index < -0.39 is 17.6 Å². The van der Waals surface area contributed by atoms with E-state index in [0.29, 0.717) is 4.47 Å². The topological polar surface area (TPSA) is 26.3 Å². The van der Waals surface area contributed by atoms with Crippen molar-refractivity contribution in [3.05, 3.63) is 39.4 Å². The zero-order chi connectivity index (χ0) is 13.0. The van der Waals surface area contributed by atoms with Gasteiger partial charge in [-0.15, -0.1) is 0 Å². The van der Waals surface area contributed by atoms with E-state index in [9.17, 15) is 13.6 Å². The average Bonchev–Trinajstić information content (AvgIpc) is 2.23. The largest absolute Gasteiger partial charge is 0.463 e. The van der Waals surface area contributed by atoms with Crippen LogP contribution in [0, 0.1) is 11.6 Å². The molecule has 0 aromatic heterocycles. The molecule has 0 spiro atoms. The van der Waals surface area contributed by atoms with E-state index >= 15 is 0 Å². The Balaban J connectivity index is 3.10. The molecule has 1 rings (SSSR count). The number of hydrogen-bond donors (Lipinski definition) is 0. The maximum absolute atomic E-state index is 13.5. The Labute approximate surface area is 106 Å². The summed E-state index contributed by atoms with van der Waals surface area (Å²) in [7, 11) is 0. The smallest absolute Gasteiger partial charge is 0.333 e. The van der Waals surface area contributed by atoms with E-state index in [4.69, 9.17) is 4.74 Å². The Morgan fingerprint density at radius 1 is 1.41 bits per heavy atom. The summed E-state index contributed by atoms with van der Waals surface area (Å²) in [6.45, 7) is 3.32. The number of rotatable bonds is 3. The lowest BCUT2D eigenvalue weighted by Gasteiger charge is -2.04. The molecular weight excluding hydrogens is 294 g/mol. The van der Waals surface area contributed by atoms with E-state index in [-0.39, 0.29) is 17.7 Å². The van der Waals surface area contributed by atoms with Crippen LogP contribution in [0.3, 0.4) is 0 Å². The minimum absolute atomic E-state index is 0.145. The summed E-state index contributed by atoms with van der Waals surface area (Å²) in [5.41, 5.74) is -0.106. The van der Waals surface area contributed by atoms with Gasteiger partial charge in [0.15, 0.2) is 0 Å². The van der Waals surface area contributed by atoms with E-state index in [1.807, 2.05) is 0 Å². The summed E-state index contributed by atoms with van der Waals surface area (Å²) in [6, 6.07) is 2.26. The molecule has 0 N–H and O–H groups in total. The molecule has 0 aliphatic heterocycles. The van der Waals surface area contributed by atoms with Crippen LogP contribution in [-0.4, -0.2) is 12.6 Å². The van der Waals surface area contributed by atoms with Crippen LogP contribution in [0.15, 0.2) is 22.2 Å².